The van der Waals surface area contributed by atoms with Crippen molar-refractivity contribution in [3.63, 3.8) is 0 Å². The minimum Gasteiger partial charge on any atom is -0.504 e. The quantitative estimate of drug-likeness (QED) is 0.512. The van der Waals surface area contributed by atoms with Crippen LogP contribution in [-0.4, -0.2) is 24.7 Å². The fourth-order valence-electron chi connectivity index (χ4n) is 2.69. The van der Waals surface area contributed by atoms with E-state index in [9.17, 15) is 14.7 Å². The highest BCUT2D eigenvalue weighted by molar-refractivity contribution is 5.92. The molecule has 0 aliphatic rings. The van der Waals surface area contributed by atoms with Gasteiger partial charge in [-0.05, 0) is 36.2 Å². The van der Waals surface area contributed by atoms with Gasteiger partial charge >= 0.3 is 5.63 Å². The molecule has 7 nitrogen and oxygen atoms in total. The van der Waals surface area contributed by atoms with E-state index in [-0.39, 0.29) is 24.0 Å². The predicted octanol–water partition coefficient (Wildman–Crippen LogP) is 3.09. The molecule has 1 amide bonds. The number of anilines is 1. The third-order valence-electron chi connectivity index (χ3n) is 4.02. The zero-order valence-electron chi connectivity index (χ0n) is 14.9. The fourth-order valence-corrected chi connectivity index (χ4v) is 2.69. The van der Waals surface area contributed by atoms with Crippen LogP contribution >= 0.6 is 0 Å². The molecule has 0 bridgehead atoms. The number of nitrogens with one attached hydrogen (secondary N) is 1. The van der Waals surface area contributed by atoms with Crippen LogP contribution in [0.4, 0.5) is 5.69 Å². The lowest BCUT2D eigenvalue weighted by Crippen LogP contribution is -2.20. The number of benzene rings is 2. The van der Waals surface area contributed by atoms with Gasteiger partial charge in [0.05, 0.1) is 7.11 Å². The molecular formula is C20H19NO6. The first-order chi connectivity index (χ1) is 13.0. The van der Waals surface area contributed by atoms with Crippen LogP contribution in [-0.2, 0) is 11.2 Å². The zero-order valence-corrected chi connectivity index (χ0v) is 14.9. The van der Waals surface area contributed by atoms with Crippen molar-refractivity contribution >= 4 is 22.6 Å². The van der Waals surface area contributed by atoms with Crippen molar-refractivity contribution in [2.75, 3.05) is 19.0 Å². The van der Waals surface area contributed by atoms with Crippen LogP contribution in [0.1, 0.15) is 12.5 Å². The molecule has 1 heterocycles. The number of aryl methyl sites for hydroxylation is 1. The van der Waals surface area contributed by atoms with E-state index >= 15 is 0 Å². The second-order valence-electron chi connectivity index (χ2n) is 5.83. The van der Waals surface area contributed by atoms with E-state index in [2.05, 4.69) is 5.32 Å². The van der Waals surface area contributed by atoms with Crippen LogP contribution in [0.5, 0.6) is 17.2 Å². The molecule has 7 heteroatoms. The number of hydrogen-bond donors (Lipinski definition) is 2. The summed E-state index contributed by atoms with van der Waals surface area (Å²) in [7, 11) is 1.42. The lowest BCUT2D eigenvalue weighted by Gasteiger charge is -2.10. The number of hydrogen-bond acceptors (Lipinski definition) is 6. The van der Waals surface area contributed by atoms with E-state index in [1.54, 1.807) is 24.3 Å². The summed E-state index contributed by atoms with van der Waals surface area (Å²) in [5, 5.41) is 13.1. The highest BCUT2D eigenvalue weighted by atomic mass is 16.5. The number of carbonyl (C=O) groups excluding carboxylic acids is 1. The Labute approximate surface area is 155 Å². The Hall–Kier alpha value is -3.48. The molecule has 0 aliphatic heterocycles. The molecule has 0 saturated heterocycles. The van der Waals surface area contributed by atoms with Crippen LogP contribution in [0.15, 0.2) is 51.7 Å². The number of ether oxygens (including phenoxy) is 2. The Kier molecular flexibility index (Phi) is 5.30. The molecular weight excluding hydrogens is 350 g/mol. The van der Waals surface area contributed by atoms with Gasteiger partial charge in [-0.3, -0.25) is 4.79 Å². The second kappa shape index (κ2) is 7.82. The highest BCUT2D eigenvalue weighted by Crippen LogP contribution is 2.28. The monoisotopic (exact) mass is 369 g/mol. The third kappa shape index (κ3) is 4.20. The fraction of sp³-hybridized carbons (Fsp3) is 0.200. The zero-order chi connectivity index (χ0) is 19.4. The van der Waals surface area contributed by atoms with E-state index in [1.807, 2.05) is 6.92 Å². The van der Waals surface area contributed by atoms with Crippen LogP contribution < -0.4 is 20.4 Å². The smallest absolute Gasteiger partial charge is 0.336 e. The van der Waals surface area contributed by atoms with Crippen LogP contribution in [0, 0.1) is 0 Å². The molecule has 140 valence electrons. The number of methoxy groups -OCH3 is 1. The summed E-state index contributed by atoms with van der Waals surface area (Å²) >= 11 is 0. The van der Waals surface area contributed by atoms with Crippen molar-refractivity contribution in [1.82, 2.24) is 0 Å². The number of rotatable bonds is 6. The van der Waals surface area contributed by atoms with Gasteiger partial charge < -0.3 is 24.3 Å². The minimum absolute atomic E-state index is 0.0177. The van der Waals surface area contributed by atoms with Crippen LogP contribution in [0.25, 0.3) is 11.0 Å². The van der Waals surface area contributed by atoms with Gasteiger partial charge in [0.25, 0.3) is 5.91 Å². The average molecular weight is 369 g/mol. The number of carbonyl (C=O) groups is 1. The largest absolute Gasteiger partial charge is 0.504 e. The summed E-state index contributed by atoms with van der Waals surface area (Å²) in [6, 6.07) is 11.1. The average Bonchev–Trinajstić information content (AvgIpc) is 2.66. The molecule has 0 spiro atoms. The standard InChI is InChI=1S/C20H19NO6/c1-3-12-8-20(24)27-17-10-14(5-6-15(12)17)26-11-19(23)21-13-4-7-16(22)18(9-13)25-2/h4-10,22H,3,11H2,1-2H3,(H,21,23). The first-order valence-electron chi connectivity index (χ1n) is 8.36. The van der Waals surface area contributed by atoms with E-state index in [0.29, 0.717) is 23.4 Å². The molecule has 27 heavy (non-hydrogen) atoms. The summed E-state index contributed by atoms with van der Waals surface area (Å²) in [6.45, 7) is 1.73. The number of amides is 1. The molecule has 0 aliphatic carbocycles. The van der Waals surface area contributed by atoms with Crippen molar-refractivity contribution in [2.24, 2.45) is 0 Å². The Morgan fingerprint density at radius 1 is 1.19 bits per heavy atom. The summed E-state index contributed by atoms with van der Waals surface area (Å²) in [6.07, 6.45) is 0.709. The Balaban J connectivity index is 1.69. The molecule has 0 saturated carbocycles. The first-order valence-corrected chi connectivity index (χ1v) is 8.36. The van der Waals surface area contributed by atoms with Gasteiger partial charge in [0, 0.05) is 29.3 Å². The number of aromatic hydroxyl groups is 1. The molecule has 1 aromatic heterocycles. The normalized spacial score (nSPS) is 10.6. The van der Waals surface area contributed by atoms with E-state index < -0.39 is 5.63 Å². The molecule has 0 atom stereocenters. The molecule has 0 fully saturated rings. The van der Waals surface area contributed by atoms with Gasteiger partial charge in [-0.25, -0.2) is 4.79 Å². The SMILES string of the molecule is CCc1cc(=O)oc2cc(OCC(=O)Nc3ccc(O)c(OC)c3)ccc12. The Morgan fingerprint density at radius 2 is 2.00 bits per heavy atom. The maximum Gasteiger partial charge on any atom is 0.336 e. The van der Waals surface area contributed by atoms with Gasteiger partial charge in [0.15, 0.2) is 18.1 Å². The van der Waals surface area contributed by atoms with E-state index in [1.165, 1.54) is 25.3 Å². The van der Waals surface area contributed by atoms with Gasteiger partial charge in [-0.15, -0.1) is 0 Å². The number of phenols is 1. The molecule has 2 aromatic carbocycles. The minimum atomic E-state index is -0.421. The lowest BCUT2D eigenvalue weighted by atomic mass is 10.1. The Bertz CT molecular complexity index is 1040. The van der Waals surface area contributed by atoms with Crippen molar-refractivity contribution in [2.45, 2.75) is 13.3 Å². The van der Waals surface area contributed by atoms with Crippen molar-refractivity contribution in [3.05, 3.63) is 58.4 Å². The number of phenolic OH excluding ortho intramolecular Hbond substituents is 1. The molecule has 3 rings (SSSR count). The maximum absolute atomic E-state index is 12.1. The van der Waals surface area contributed by atoms with E-state index in [4.69, 9.17) is 13.9 Å². The highest BCUT2D eigenvalue weighted by Gasteiger charge is 2.09. The molecule has 0 radical (unpaired) electrons. The first kappa shape index (κ1) is 18.3. The second-order valence-corrected chi connectivity index (χ2v) is 5.83. The summed E-state index contributed by atoms with van der Waals surface area (Å²) < 4.78 is 15.7. The predicted molar refractivity (Wildman–Crippen MR) is 101 cm³/mol. The Morgan fingerprint density at radius 3 is 2.74 bits per heavy atom. The third-order valence-corrected chi connectivity index (χ3v) is 4.02. The van der Waals surface area contributed by atoms with Crippen molar-refractivity contribution in [3.8, 4) is 17.2 Å². The molecule has 3 aromatic rings. The number of fused-ring (bicyclic) bond motifs is 1. The molecule has 0 unspecified atom stereocenters. The van der Waals surface area contributed by atoms with Crippen molar-refractivity contribution in [1.29, 1.82) is 0 Å². The van der Waals surface area contributed by atoms with Gasteiger partial charge in [-0.2, -0.15) is 0 Å². The van der Waals surface area contributed by atoms with Crippen LogP contribution in [0.3, 0.4) is 0 Å². The summed E-state index contributed by atoms with van der Waals surface area (Å²) in [5.74, 6) is 0.268. The van der Waals surface area contributed by atoms with Gasteiger partial charge in [0.1, 0.15) is 11.3 Å². The lowest BCUT2D eigenvalue weighted by molar-refractivity contribution is -0.118. The van der Waals surface area contributed by atoms with E-state index in [0.717, 1.165) is 10.9 Å². The van der Waals surface area contributed by atoms with Crippen LogP contribution in [0.2, 0.25) is 0 Å². The summed E-state index contributed by atoms with van der Waals surface area (Å²) in [5.41, 5.74) is 1.36. The van der Waals surface area contributed by atoms with Gasteiger partial charge in [0.2, 0.25) is 0 Å². The summed E-state index contributed by atoms with van der Waals surface area (Å²) in [4.78, 5) is 23.7. The maximum atomic E-state index is 12.1. The van der Waals surface area contributed by atoms with Gasteiger partial charge in [-0.1, -0.05) is 6.92 Å². The van der Waals surface area contributed by atoms with Crippen molar-refractivity contribution < 1.29 is 23.8 Å². The topological polar surface area (TPSA) is 98.0 Å². The molecule has 2 N–H and O–H groups in total.